The maximum absolute atomic E-state index is 11.0. The molecule has 136 valence electrons. The van der Waals surface area contributed by atoms with E-state index in [1.807, 2.05) is 30.3 Å². The van der Waals surface area contributed by atoms with Gasteiger partial charge in [-0.05, 0) is 0 Å². The molecule has 0 fully saturated rings. The van der Waals surface area contributed by atoms with Crippen molar-refractivity contribution in [2.45, 2.75) is 6.54 Å². The van der Waals surface area contributed by atoms with Crippen molar-refractivity contribution in [3.8, 4) is 11.4 Å². The van der Waals surface area contributed by atoms with Crippen LogP contribution in [0.4, 0.5) is 5.69 Å². The molecule has 3 aromatic carbocycles. The Labute approximate surface area is 165 Å². The van der Waals surface area contributed by atoms with E-state index in [1.54, 1.807) is 12.1 Å². The van der Waals surface area contributed by atoms with Gasteiger partial charge in [-0.15, -0.1) is 0 Å². The number of hydrogen-bond donors (Lipinski definition) is 0. The van der Waals surface area contributed by atoms with Gasteiger partial charge in [-0.3, -0.25) is 0 Å². The Morgan fingerprint density at radius 3 is 2.46 bits per heavy atom. The summed E-state index contributed by atoms with van der Waals surface area (Å²) in [7, 11) is 0. The Kier molecular flexibility index (Phi) is 4.00. The third kappa shape index (κ3) is 2.79. The zero-order valence-corrected chi connectivity index (χ0v) is 16.2. The second kappa shape index (κ2) is 6.67. The number of non-ortho nitro benzene ring substituents is 1. The van der Waals surface area contributed by atoms with E-state index in [4.69, 9.17) is 4.98 Å². The Morgan fingerprint density at radius 2 is 1.71 bits per heavy atom. The number of hydrogen-bond acceptors (Lipinski definition) is 5. The molecule has 5 aromatic rings. The fourth-order valence-electron chi connectivity index (χ4n) is 3.31. The van der Waals surface area contributed by atoms with Crippen LogP contribution in [-0.4, -0.2) is 37.4 Å². The van der Waals surface area contributed by atoms with E-state index < -0.39 is 4.92 Å². The molecule has 0 atom stereocenters. The van der Waals surface area contributed by atoms with E-state index in [0.717, 1.165) is 39.0 Å². The van der Waals surface area contributed by atoms with Crippen LogP contribution in [0.2, 0.25) is 0 Å². The molecule has 0 saturated carbocycles. The van der Waals surface area contributed by atoms with E-state index in [-0.39, 0.29) is 20.6 Å². The third-order valence-electron chi connectivity index (χ3n) is 4.66. The van der Waals surface area contributed by atoms with Crippen molar-refractivity contribution >= 4 is 42.7 Å². The number of benzene rings is 3. The summed E-state index contributed by atoms with van der Waals surface area (Å²) in [5.41, 5.74) is 5.56. The molecule has 0 amide bonds. The molecule has 0 aliphatic rings. The number of nitro benzene ring substituents is 1. The summed E-state index contributed by atoms with van der Waals surface area (Å²) in [6, 6.07) is 20.7. The number of aromatic nitrogens is 4. The predicted molar refractivity (Wildman–Crippen MR) is 107 cm³/mol. The van der Waals surface area contributed by atoms with Crippen molar-refractivity contribution in [3.05, 3.63) is 82.4 Å². The second-order valence-electron chi connectivity index (χ2n) is 6.38. The van der Waals surface area contributed by atoms with Crippen LogP contribution in [0.3, 0.4) is 0 Å². The van der Waals surface area contributed by atoms with Gasteiger partial charge in [0.15, 0.2) is 0 Å². The number of nitrogens with zero attached hydrogens (tertiary/aromatic N) is 5. The third-order valence-corrected chi connectivity index (χ3v) is 5.80. The first-order valence-electron chi connectivity index (χ1n) is 8.61. The average molecular weight is 434 g/mol. The first-order chi connectivity index (χ1) is 13.7. The molecule has 0 radical (unpaired) electrons. The second-order valence-corrected chi connectivity index (χ2v) is 7.49. The molecule has 0 spiro atoms. The van der Waals surface area contributed by atoms with Crippen molar-refractivity contribution in [1.29, 1.82) is 0 Å². The van der Waals surface area contributed by atoms with E-state index in [2.05, 4.69) is 24.7 Å². The normalized spacial score (nSPS) is 11.3. The van der Waals surface area contributed by atoms with Crippen LogP contribution in [0, 0.1) is 10.1 Å². The van der Waals surface area contributed by atoms with Crippen LogP contribution in [0.15, 0.2) is 66.7 Å². The van der Waals surface area contributed by atoms with E-state index in [9.17, 15) is 10.1 Å². The monoisotopic (exact) mass is 435 g/mol. The van der Waals surface area contributed by atoms with Gasteiger partial charge >= 0.3 is 165 Å². The zero-order valence-electron chi connectivity index (χ0n) is 14.5. The fourth-order valence-corrected chi connectivity index (χ4v) is 4.44. The molecule has 2 heterocycles. The minimum absolute atomic E-state index is 0.0619. The molecule has 5 rings (SSSR count). The van der Waals surface area contributed by atoms with Crippen molar-refractivity contribution in [2.75, 3.05) is 0 Å². The summed E-state index contributed by atoms with van der Waals surface area (Å²) in [6.07, 6.45) is 0. The Balaban J connectivity index is 1.74. The number of nitro groups is 1. The van der Waals surface area contributed by atoms with Gasteiger partial charge in [0.1, 0.15) is 0 Å². The Hall–Kier alpha value is -3.35. The average Bonchev–Trinajstić information content (AvgIpc) is 3.33. The maximum atomic E-state index is 11.0. The molecular formula is C20H13N5O2Se. The van der Waals surface area contributed by atoms with Crippen molar-refractivity contribution in [3.63, 3.8) is 0 Å². The quantitative estimate of drug-likeness (QED) is 0.245. The van der Waals surface area contributed by atoms with Gasteiger partial charge in [0, 0.05) is 0 Å². The fraction of sp³-hybridized carbons (Fsp3) is 0.0500. The summed E-state index contributed by atoms with van der Waals surface area (Å²) < 4.78 is 11.1. The summed E-state index contributed by atoms with van der Waals surface area (Å²) in [4.78, 5) is 15.5. The van der Waals surface area contributed by atoms with Crippen LogP contribution in [0.5, 0.6) is 0 Å². The molecule has 8 heteroatoms. The van der Waals surface area contributed by atoms with Crippen LogP contribution < -0.4 is 0 Å². The van der Waals surface area contributed by atoms with Crippen LogP contribution >= 0.6 is 0 Å². The van der Waals surface area contributed by atoms with Crippen LogP contribution in [0.25, 0.3) is 33.5 Å². The number of imidazole rings is 1. The predicted octanol–water partition coefficient (Wildman–Crippen LogP) is 3.66. The van der Waals surface area contributed by atoms with Gasteiger partial charge in [-0.1, -0.05) is 0 Å². The molecule has 0 bridgehead atoms. The summed E-state index contributed by atoms with van der Waals surface area (Å²) >= 11 is -0.132. The molecule has 0 aliphatic heterocycles. The first kappa shape index (κ1) is 16.8. The molecule has 7 nitrogen and oxygen atoms in total. The standard InChI is InChI=1S/C20H13N5O2Se/c26-25(27)15-8-6-14(7-9-15)20-21-19-17(11-10-16-18(19)23-28-22-16)24(20)12-13-4-2-1-3-5-13/h1-11H,12H2. The van der Waals surface area contributed by atoms with E-state index in [0.29, 0.717) is 6.54 Å². The molecule has 2 aromatic heterocycles. The van der Waals surface area contributed by atoms with Gasteiger partial charge in [0.25, 0.3) is 0 Å². The molecule has 0 unspecified atom stereocenters. The topological polar surface area (TPSA) is 86.7 Å². The SMILES string of the molecule is O=[N+]([O-])c1ccc(-c2nc3c4n[se]nc4ccc3n2Cc2ccccc2)cc1. The molecule has 0 N–H and O–H groups in total. The molecule has 0 aliphatic carbocycles. The van der Waals surface area contributed by atoms with Gasteiger partial charge in [-0.2, -0.15) is 0 Å². The van der Waals surface area contributed by atoms with Gasteiger partial charge in [0.05, 0.1) is 0 Å². The Morgan fingerprint density at radius 1 is 0.929 bits per heavy atom. The summed E-state index contributed by atoms with van der Waals surface area (Å²) in [5.74, 6) is 0.761. The van der Waals surface area contributed by atoms with Gasteiger partial charge in [-0.25, -0.2) is 0 Å². The molecular weight excluding hydrogens is 421 g/mol. The van der Waals surface area contributed by atoms with Crippen molar-refractivity contribution in [1.82, 2.24) is 17.5 Å². The Bertz CT molecular complexity index is 1310. The van der Waals surface area contributed by atoms with Gasteiger partial charge < -0.3 is 0 Å². The van der Waals surface area contributed by atoms with Crippen LogP contribution in [0.1, 0.15) is 5.56 Å². The minimum atomic E-state index is -0.397. The van der Waals surface area contributed by atoms with Gasteiger partial charge in [0.2, 0.25) is 0 Å². The molecule has 0 saturated heterocycles. The zero-order chi connectivity index (χ0) is 19.1. The van der Waals surface area contributed by atoms with E-state index >= 15 is 0 Å². The molecule has 28 heavy (non-hydrogen) atoms. The number of fused-ring (bicyclic) bond motifs is 3. The first-order valence-corrected chi connectivity index (χ1v) is 10.1. The van der Waals surface area contributed by atoms with Crippen molar-refractivity contribution in [2.24, 2.45) is 0 Å². The summed E-state index contributed by atoms with van der Waals surface area (Å²) in [6.45, 7) is 0.644. The van der Waals surface area contributed by atoms with E-state index in [1.165, 1.54) is 12.1 Å². The number of rotatable bonds is 4. The summed E-state index contributed by atoms with van der Waals surface area (Å²) in [5, 5.41) is 11.0. The van der Waals surface area contributed by atoms with Crippen LogP contribution in [-0.2, 0) is 6.54 Å². The van der Waals surface area contributed by atoms with Crippen molar-refractivity contribution < 1.29 is 4.92 Å².